The minimum atomic E-state index is -0.739. The van der Waals surface area contributed by atoms with Crippen molar-refractivity contribution in [1.82, 2.24) is 14.7 Å². The fraction of sp³-hybridized carbons (Fsp3) is 0.389. The van der Waals surface area contributed by atoms with Gasteiger partial charge in [0, 0.05) is 31.4 Å². The molecule has 1 aromatic carbocycles. The van der Waals surface area contributed by atoms with Gasteiger partial charge in [-0.3, -0.25) is 19.7 Å². The molecule has 140 valence electrons. The number of nitro groups is 1. The monoisotopic (exact) mass is 370 g/mol. The minimum Gasteiger partial charge on any atom is -0.481 e. The first-order valence-corrected chi connectivity index (χ1v) is 8.72. The van der Waals surface area contributed by atoms with E-state index in [2.05, 4.69) is 5.10 Å². The Morgan fingerprint density at radius 1 is 1.19 bits per heavy atom. The molecular formula is C18H18N4O5. The topological polar surface area (TPSA) is 119 Å². The third-order valence-electron chi connectivity index (χ3n) is 5.67. The van der Waals surface area contributed by atoms with Crippen LogP contribution in [0.4, 0.5) is 5.69 Å². The number of aliphatic carboxylic acids is 1. The minimum absolute atomic E-state index is 0.0100. The SMILES string of the molecule is O=C(O)C1CC12CCN(C(=O)c1ccn(-c3ccc([N+](=O)[O-])cc3)n1)CC2. The predicted molar refractivity (Wildman–Crippen MR) is 93.5 cm³/mol. The number of non-ortho nitro benzene ring substituents is 1. The van der Waals surface area contributed by atoms with Gasteiger partial charge in [-0.2, -0.15) is 5.10 Å². The standard InChI is InChI=1S/C18H18N4O5/c23-16(20-9-6-18(7-10-20)11-14(18)17(24)25)15-5-8-21(19-15)12-1-3-13(4-2-12)22(26)27/h1-5,8,14H,6-7,9-11H2,(H,24,25). The van der Waals surface area contributed by atoms with Gasteiger partial charge in [-0.05, 0) is 42.9 Å². The number of likely N-dealkylation sites (tertiary alicyclic amines) is 1. The van der Waals surface area contributed by atoms with Crippen LogP contribution in [0.15, 0.2) is 36.5 Å². The molecule has 27 heavy (non-hydrogen) atoms. The Balaban J connectivity index is 1.42. The van der Waals surface area contributed by atoms with E-state index in [4.69, 9.17) is 5.11 Å². The summed E-state index contributed by atoms with van der Waals surface area (Å²) in [4.78, 5) is 35.8. The summed E-state index contributed by atoms with van der Waals surface area (Å²) in [6.45, 7) is 1.07. The van der Waals surface area contributed by atoms with Crippen molar-refractivity contribution in [2.24, 2.45) is 11.3 Å². The molecule has 1 saturated heterocycles. The molecule has 1 saturated carbocycles. The molecule has 0 radical (unpaired) electrons. The first kappa shape index (κ1) is 17.2. The maximum absolute atomic E-state index is 12.7. The van der Waals surface area contributed by atoms with Crippen LogP contribution in [-0.4, -0.2) is 49.7 Å². The van der Waals surface area contributed by atoms with Crippen LogP contribution in [0.25, 0.3) is 5.69 Å². The summed E-state index contributed by atoms with van der Waals surface area (Å²) in [6, 6.07) is 7.53. The van der Waals surface area contributed by atoms with E-state index in [-0.39, 0.29) is 22.9 Å². The summed E-state index contributed by atoms with van der Waals surface area (Å²) in [5, 5.41) is 24.2. The number of carboxylic acids is 1. The number of hydrogen-bond donors (Lipinski definition) is 1. The lowest BCUT2D eigenvalue weighted by atomic mass is 9.90. The van der Waals surface area contributed by atoms with Crippen molar-refractivity contribution in [3.8, 4) is 5.69 Å². The van der Waals surface area contributed by atoms with Crippen molar-refractivity contribution < 1.29 is 19.6 Å². The average Bonchev–Trinajstić information content (AvgIpc) is 3.14. The number of carbonyl (C=O) groups excluding carboxylic acids is 1. The number of benzene rings is 1. The summed E-state index contributed by atoms with van der Waals surface area (Å²) >= 11 is 0. The fourth-order valence-corrected chi connectivity index (χ4v) is 3.88. The second kappa shape index (κ2) is 6.19. The van der Waals surface area contributed by atoms with Crippen LogP contribution in [-0.2, 0) is 4.79 Å². The smallest absolute Gasteiger partial charge is 0.307 e. The van der Waals surface area contributed by atoms with Crippen molar-refractivity contribution in [3.05, 3.63) is 52.3 Å². The second-order valence-electron chi connectivity index (χ2n) is 7.17. The van der Waals surface area contributed by atoms with E-state index in [1.165, 1.54) is 16.8 Å². The normalized spacial score (nSPS) is 20.4. The molecule has 1 aromatic heterocycles. The highest BCUT2D eigenvalue weighted by Crippen LogP contribution is 2.59. The van der Waals surface area contributed by atoms with Gasteiger partial charge in [-0.1, -0.05) is 0 Å². The summed E-state index contributed by atoms with van der Waals surface area (Å²) < 4.78 is 1.50. The number of rotatable bonds is 4. The van der Waals surface area contributed by atoms with Crippen LogP contribution in [0, 0.1) is 21.4 Å². The van der Waals surface area contributed by atoms with Gasteiger partial charge in [-0.15, -0.1) is 0 Å². The molecule has 2 aromatic rings. The molecule has 0 bridgehead atoms. The number of carboxylic acid groups (broad SMARTS) is 1. The molecule has 9 nitrogen and oxygen atoms in total. The lowest BCUT2D eigenvalue weighted by Crippen LogP contribution is -2.40. The van der Waals surface area contributed by atoms with Crippen LogP contribution < -0.4 is 0 Å². The molecular weight excluding hydrogens is 352 g/mol. The van der Waals surface area contributed by atoms with Crippen LogP contribution in [0.5, 0.6) is 0 Å². The van der Waals surface area contributed by atoms with E-state index in [1.54, 1.807) is 29.3 Å². The molecule has 1 unspecified atom stereocenters. The number of piperidine rings is 1. The third-order valence-corrected chi connectivity index (χ3v) is 5.67. The number of amides is 1. The highest BCUT2D eigenvalue weighted by atomic mass is 16.6. The lowest BCUT2D eigenvalue weighted by Gasteiger charge is -2.32. The Bertz CT molecular complexity index is 912. The van der Waals surface area contributed by atoms with Crippen molar-refractivity contribution in [2.45, 2.75) is 19.3 Å². The maximum atomic E-state index is 12.7. The van der Waals surface area contributed by atoms with Gasteiger partial charge in [0.05, 0.1) is 16.5 Å². The fourth-order valence-electron chi connectivity index (χ4n) is 3.88. The van der Waals surface area contributed by atoms with E-state index in [9.17, 15) is 19.7 Å². The number of hydrogen-bond acceptors (Lipinski definition) is 5. The zero-order valence-electron chi connectivity index (χ0n) is 14.4. The molecule has 1 aliphatic carbocycles. The Labute approximate surface area is 154 Å². The summed E-state index contributed by atoms with van der Waals surface area (Å²) in [5.74, 6) is -1.19. The van der Waals surface area contributed by atoms with E-state index in [0.717, 1.165) is 0 Å². The van der Waals surface area contributed by atoms with Crippen molar-refractivity contribution >= 4 is 17.6 Å². The van der Waals surface area contributed by atoms with Crippen molar-refractivity contribution in [2.75, 3.05) is 13.1 Å². The Hall–Kier alpha value is -3.23. The zero-order valence-corrected chi connectivity index (χ0v) is 14.4. The lowest BCUT2D eigenvalue weighted by molar-refractivity contribution is -0.384. The van der Waals surface area contributed by atoms with Gasteiger partial charge in [0.25, 0.3) is 11.6 Å². The van der Waals surface area contributed by atoms with E-state index >= 15 is 0 Å². The number of nitro benzene ring substituents is 1. The number of nitrogens with zero attached hydrogens (tertiary/aromatic N) is 4. The Kier molecular flexibility index (Phi) is 3.94. The van der Waals surface area contributed by atoms with Crippen LogP contribution >= 0.6 is 0 Å². The van der Waals surface area contributed by atoms with Crippen LogP contribution in [0.2, 0.25) is 0 Å². The molecule has 1 spiro atoms. The Morgan fingerprint density at radius 3 is 2.41 bits per heavy atom. The van der Waals surface area contributed by atoms with Crippen LogP contribution in [0.3, 0.4) is 0 Å². The van der Waals surface area contributed by atoms with E-state index in [0.29, 0.717) is 43.7 Å². The second-order valence-corrected chi connectivity index (χ2v) is 7.17. The van der Waals surface area contributed by atoms with Gasteiger partial charge >= 0.3 is 5.97 Å². The van der Waals surface area contributed by atoms with Crippen LogP contribution in [0.1, 0.15) is 29.8 Å². The largest absolute Gasteiger partial charge is 0.481 e. The molecule has 9 heteroatoms. The van der Waals surface area contributed by atoms with E-state index in [1.807, 2.05) is 0 Å². The third kappa shape index (κ3) is 3.05. The molecule has 2 aliphatic rings. The first-order chi connectivity index (χ1) is 12.9. The Morgan fingerprint density at radius 2 is 1.85 bits per heavy atom. The summed E-state index contributed by atoms with van der Waals surface area (Å²) in [7, 11) is 0. The highest BCUT2D eigenvalue weighted by Gasteiger charge is 2.59. The van der Waals surface area contributed by atoms with Gasteiger partial charge < -0.3 is 10.0 Å². The predicted octanol–water partition coefficient (Wildman–Crippen LogP) is 2.11. The van der Waals surface area contributed by atoms with Gasteiger partial charge in [0.2, 0.25) is 0 Å². The first-order valence-electron chi connectivity index (χ1n) is 8.72. The molecule has 1 N–H and O–H groups in total. The van der Waals surface area contributed by atoms with E-state index < -0.39 is 10.9 Å². The molecule has 2 fully saturated rings. The summed E-state index contributed by atoms with van der Waals surface area (Å²) in [6.07, 6.45) is 3.76. The highest BCUT2D eigenvalue weighted by molar-refractivity contribution is 5.92. The van der Waals surface area contributed by atoms with Gasteiger partial charge in [-0.25, -0.2) is 4.68 Å². The quantitative estimate of drug-likeness (QED) is 0.650. The summed E-state index contributed by atoms with van der Waals surface area (Å²) in [5.41, 5.74) is 0.791. The van der Waals surface area contributed by atoms with Crippen molar-refractivity contribution in [3.63, 3.8) is 0 Å². The number of aromatic nitrogens is 2. The van der Waals surface area contributed by atoms with Gasteiger partial charge in [0.15, 0.2) is 5.69 Å². The van der Waals surface area contributed by atoms with Crippen molar-refractivity contribution in [1.29, 1.82) is 0 Å². The molecule has 1 atom stereocenters. The molecule has 1 aliphatic heterocycles. The zero-order chi connectivity index (χ0) is 19.2. The number of carbonyl (C=O) groups is 2. The average molecular weight is 370 g/mol. The van der Waals surface area contributed by atoms with Gasteiger partial charge in [0.1, 0.15) is 0 Å². The maximum Gasteiger partial charge on any atom is 0.307 e. The molecule has 2 heterocycles. The molecule has 1 amide bonds. The molecule has 4 rings (SSSR count).